The summed E-state index contributed by atoms with van der Waals surface area (Å²) in [6, 6.07) is 0. The molecule has 0 saturated carbocycles. The molecule has 1 rings (SSSR count). The van der Waals surface area contributed by atoms with E-state index in [1.54, 1.807) is 25.5 Å². The van der Waals surface area contributed by atoms with Crippen molar-refractivity contribution in [1.82, 2.24) is 15.4 Å². The summed E-state index contributed by atoms with van der Waals surface area (Å²) < 4.78 is 0. The van der Waals surface area contributed by atoms with Gasteiger partial charge in [-0.2, -0.15) is 5.10 Å². The molecular formula is C7H9N5S. The minimum atomic E-state index is 0.128. The van der Waals surface area contributed by atoms with Gasteiger partial charge in [0.1, 0.15) is 5.69 Å². The highest BCUT2D eigenvalue weighted by Gasteiger charge is 1.97. The van der Waals surface area contributed by atoms with E-state index in [-0.39, 0.29) is 5.11 Å². The van der Waals surface area contributed by atoms with E-state index in [1.165, 1.54) is 0 Å². The van der Waals surface area contributed by atoms with Crippen LogP contribution >= 0.6 is 12.2 Å². The molecule has 5 nitrogen and oxygen atoms in total. The average molecular weight is 195 g/mol. The van der Waals surface area contributed by atoms with Crippen LogP contribution in [0, 0.1) is 0 Å². The molecular weight excluding hydrogens is 186 g/mol. The fraction of sp³-hybridized carbons (Fsp3) is 0.143. The zero-order chi connectivity index (χ0) is 9.68. The molecule has 0 radical (unpaired) electrons. The van der Waals surface area contributed by atoms with Gasteiger partial charge in [-0.1, -0.05) is 0 Å². The van der Waals surface area contributed by atoms with Gasteiger partial charge in [-0.25, -0.2) is 0 Å². The highest BCUT2D eigenvalue weighted by Crippen LogP contribution is 1.91. The molecule has 0 aliphatic heterocycles. The van der Waals surface area contributed by atoms with Crippen molar-refractivity contribution in [2.45, 2.75) is 6.92 Å². The lowest BCUT2D eigenvalue weighted by atomic mass is 10.3. The topological polar surface area (TPSA) is 76.2 Å². The zero-order valence-electron chi connectivity index (χ0n) is 7.06. The first-order valence-corrected chi connectivity index (χ1v) is 3.97. The van der Waals surface area contributed by atoms with Gasteiger partial charge in [-0.15, -0.1) is 0 Å². The fourth-order valence-corrected chi connectivity index (χ4v) is 0.728. The Morgan fingerprint density at radius 3 is 2.92 bits per heavy atom. The summed E-state index contributed by atoms with van der Waals surface area (Å²) in [5.74, 6) is 0. The van der Waals surface area contributed by atoms with Crippen LogP contribution in [0.1, 0.15) is 12.6 Å². The number of nitrogens with zero attached hydrogens (tertiary/aromatic N) is 3. The predicted molar refractivity (Wildman–Crippen MR) is 54.2 cm³/mol. The lowest BCUT2D eigenvalue weighted by Crippen LogP contribution is -2.25. The summed E-state index contributed by atoms with van der Waals surface area (Å²) in [6.07, 6.45) is 4.80. The van der Waals surface area contributed by atoms with Crippen molar-refractivity contribution >= 4 is 23.0 Å². The summed E-state index contributed by atoms with van der Waals surface area (Å²) >= 11 is 4.59. The molecule has 0 aliphatic carbocycles. The molecule has 1 aromatic heterocycles. The van der Waals surface area contributed by atoms with Gasteiger partial charge in [0.05, 0.1) is 11.9 Å². The Morgan fingerprint density at radius 2 is 2.38 bits per heavy atom. The molecule has 3 N–H and O–H groups in total. The van der Waals surface area contributed by atoms with Crippen LogP contribution in [0.2, 0.25) is 0 Å². The number of nitrogens with one attached hydrogen (secondary N) is 1. The minimum Gasteiger partial charge on any atom is -0.375 e. The van der Waals surface area contributed by atoms with Gasteiger partial charge >= 0.3 is 0 Å². The van der Waals surface area contributed by atoms with E-state index in [2.05, 4.69) is 32.7 Å². The maximum Gasteiger partial charge on any atom is 0.184 e. The van der Waals surface area contributed by atoms with Crippen LogP contribution in [0.3, 0.4) is 0 Å². The first-order valence-electron chi connectivity index (χ1n) is 3.56. The van der Waals surface area contributed by atoms with E-state index in [9.17, 15) is 0 Å². The van der Waals surface area contributed by atoms with Crippen molar-refractivity contribution < 1.29 is 0 Å². The van der Waals surface area contributed by atoms with Crippen molar-refractivity contribution in [2.75, 3.05) is 0 Å². The monoisotopic (exact) mass is 195 g/mol. The second-order valence-corrected chi connectivity index (χ2v) is 2.70. The Morgan fingerprint density at radius 1 is 1.62 bits per heavy atom. The van der Waals surface area contributed by atoms with Crippen LogP contribution in [0.15, 0.2) is 23.7 Å². The molecule has 6 heteroatoms. The standard InChI is InChI=1S/C7H9N5S/c1-5(11-12-7(8)13)6-4-9-2-3-10-6/h2-4H,1H3,(H3,8,12,13)/b11-5-. The molecule has 0 unspecified atom stereocenters. The Kier molecular flexibility index (Phi) is 3.27. The molecule has 1 aromatic rings. The second-order valence-electron chi connectivity index (χ2n) is 2.26. The number of hydrogen-bond acceptors (Lipinski definition) is 4. The van der Waals surface area contributed by atoms with Crippen LogP contribution in [-0.2, 0) is 0 Å². The lowest BCUT2D eigenvalue weighted by molar-refractivity contribution is 1.02. The Bertz CT molecular complexity index is 321. The van der Waals surface area contributed by atoms with Crippen LogP contribution in [0.4, 0.5) is 0 Å². The molecule has 0 saturated heterocycles. The van der Waals surface area contributed by atoms with Gasteiger partial charge < -0.3 is 5.73 Å². The largest absolute Gasteiger partial charge is 0.375 e. The van der Waals surface area contributed by atoms with Gasteiger partial charge in [0.2, 0.25) is 0 Å². The number of hydrogen-bond donors (Lipinski definition) is 2. The number of hydrazone groups is 1. The van der Waals surface area contributed by atoms with E-state index in [0.717, 1.165) is 0 Å². The summed E-state index contributed by atoms with van der Waals surface area (Å²) in [7, 11) is 0. The van der Waals surface area contributed by atoms with Crippen LogP contribution in [-0.4, -0.2) is 20.8 Å². The first-order chi connectivity index (χ1) is 6.20. The highest BCUT2D eigenvalue weighted by molar-refractivity contribution is 7.80. The minimum absolute atomic E-state index is 0.128. The van der Waals surface area contributed by atoms with Crippen LogP contribution in [0.5, 0.6) is 0 Å². The first kappa shape index (κ1) is 9.53. The number of aromatic nitrogens is 2. The third-order valence-electron chi connectivity index (χ3n) is 1.27. The summed E-state index contributed by atoms with van der Waals surface area (Å²) in [5, 5.41) is 4.02. The Hall–Kier alpha value is -1.56. The van der Waals surface area contributed by atoms with E-state index in [4.69, 9.17) is 5.73 Å². The molecule has 0 aliphatic rings. The number of thiocarbonyl (C=S) groups is 1. The molecule has 13 heavy (non-hydrogen) atoms. The molecule has 0 atom stereocenters. The Labute approximate surface area is 81.1 Å². The number of nitrogens with two attached hydrogens (primary N) is 1. The molecule has 68 valence electrons. The number of rotatable bonds is 2. The summed E-state index contributed by atoms with van der Waals surface area (Å²) in [6.45, 7) is 1.79. The average Bonchev–Trinajstić information content (AvgIpc) is 2.15. The van der Waals surface area contributed by atoms with E-state index in [0.29, 0.717) is 11.4 Å². The summed E-state index contributed by atoms with van der Waals surface area (Å²) in [4.78, 5) is 7.94. The van der Waals surface area contributed by atoms with Gasteiger partial charge in [-0.05, 0) is 19.1 Å². The summed E-state index contributed by atoms with van der Waals surface area (Å²) in [5.41, 5.74) is 9.04. The van der Waals surface area contributed by atoms with Gasteiger partial charge in [0.15, 0.2) is 5.11 Å². The van der Waals surface area contributed by atoms with E-state index < -0.39 is 0 Å². The van der Waals surface area contributed by atoms with Gasteiger partial charge in [0, 0.05) is 12.4 Å². The van der Waals surface area contributed by atoms with Crippen molar-refractivity contribution in [3.63, 3.8) is 0 Å². The van der Waals surface area contributed by atoms with Crippen molar-refractivity contribution in [2.24, 2.45) is 10.8 Å². The molecule has 0 fully saturated rings. The second kappa shape index (κ2) is 4.46. The smallest absolute Gasteiger partial charge is 0.184 e. The van der Waals surface area contributed by atoms with E-state index in [1.807, 2.05) is 0 Å². The van der Waals surface area contributed by atoms with Crippen molar-refractivity contribution in [3.8, 4) is 0 Å². The fourth-order valence-electron chi connectivity index (χ4n) is 0.682. The molecule has 1 heterocycles. The molecule has 0 bridgehead atoms. The third-order valence-corrected chi connectivity index (χ3v) is 1.36. The quantitative estimate of drug-likeness (QED) is 0.395. The highest BCUT2D eigenvalue weighted by atomic mass is 32.1. The maximum atomic E-state index is 5.20. The van der Waals surface area contributed by atoms with Crippen molar-refractivity contribution in [3.05, 3.63) is 24.3 Å². The molecule has 0 spiro atoms. The van der Waals surface area contributed by atoms with Crippen LogP contribution in [0.25, 0.3) is 0 Å². The normalized spacial score (nSPS) is 11.0. The van der Waals surface area contributed by atoms with E-state index >= 15 is 0 Å². The van der Waals surface area contributed by atoms with Crippen molar-refractivity contribution in [1.29, 1.82) is 0 Å². The lowest BCUT2D eigenvalue weighted by Gasteiger charge is -1.99. The SMILES string of the molecule is C/C(=N/NC(N)=S)c1cnccn1. The third kappa shape index (κ3) is 3.12. The maximum absolute atomic E-state index is 5.20. The molecule has 0 aromatic carbocycles. The Balaban J connectivity index is 2.73. The zero-order valence-corrected chi connectivity index (χ0v) is 7.88. The predicted octanol–water partition coefficient (Wildman–Crippen LogP) is 0.0338. The van der Waals surface area contributed by atoms with Gasteiger partial charge in [0.25, 0.3) is 0 Å². The molecule has 0 amide bonds. The van der Waals surface area contributed by atoms with Gasteiger partial charge in [-0.3, -0.25) is 15.4 Å². The van der Waals surface area contributed by atoms with Crippen LogP contribution < -0.4 is 11.2 Å².